The molecule has 1 heterocycles. The molecule has 0 saturated carbocycles. The number of nitrogens with zero attached hydrogens (tertiary/aromatic N) is 2. The molecule has 1 aromatic carbocycles. The third-order valence-electron chi connectivity index (χ3n) is 2.96. The average molecular weight is 387 g/mol. The van der Waals surface area contributed by atoms with E-state index in [0.29, 0.717) is 5.56 Å². The molecule has 2 N–H and O–H groups in total. The molecule has 2 amide bonds. The first-order valence-corrected chi connectivity index (χ1v) is 8.86. The van der Waals surface area contributed by atoms with Gasteiger partial charge in [-0.15, -0.1) is 11.6 Å². The van der Waals surface area contributed by atoms with Crippen LogP contribution in [0.4, 0.5) is 10.7 Å². The summed E-state index contributed by atoms with van der Waals surface area (Å²) in [5.74, 6) is 0.0686. The van der Waals surface area contributed by atoms with Gasteiger partial charge in [-0.2, -0.15) is 9.97 Å². The number of halogens is 1. The van der Waals surface area contributed by atoms with Crippen molar-refractivity contribution in [1.82, 2.24) is 14.7 Å². The molecule has 0 radical (unpaired) electrons. The van der Waals surface area contributed by atoms with Gasteiger partial charge in [-0.25, -0.2) is 17.9 Å². The third kappa shape index (κ3) is 4.70. The van der Waals surface area contributed by atoms with Crippen molar-refractivity contribution in [3.63, 3.8) is 0 Å². The van der Waals surface area contributed by atoms with Gasteiger partial charge in [0.25, 0.3) is 10.0 Å². The molecule has 0 saturated heterocycles. The fourth-order valence-electron chi connectivity index (χ4n) is 1.85. The maximum atomic E-state index is 12.3. The van der Waals surface area contributed by atoms with Gasteiger partial charge in [0.2, 0.25) is 17.7 Å². The lowest BCUT2D eigenvalue weighted by Gasteiger charge is -2.11. The van der Waals surface area contributed by atoms with Gasteiger partial charge >= 0.3 is 6.03 Å². The van der Waals surface area contributed by atoms with E-state index >= 15 is 0 Å². The molecule has 0 unspecified atom stereocenters. The zero-order chi connectivity index (χ0) is 18.4. The van der Waals surface area contributed by atoms with Crippen LogP contribution in [-0.2, 0) is 15.9 Å². The number of methoxy groups -OCH3 is 2. The van der Waals surface area contributed by atoms with Gasteiger partial charge in [0, 0.05) is 5.88 Å². The van der Waals surface area contributed by atoms with Crippen LogP contribution in [0.25, 0.3) is 0 Å². The number of nitrogens with one attached hydrogen (secondary N) is 2. The van der Waals surface area contributed by atoms with Crippen molar-refractivity contribution < 1.29 is 22.7 Å². The highest BCUT2D eigenvalue weighted by molar-refractivity contribution is 7.90. The molecule has 0 aliphatic carbocycles. The largest absolute Gasteiger partial charge is 0.481 e. The zero-order valence-electron chi connectivity index (χ0n) is 13.3. The number of sulfonamides is 1. The predicted octanol–water partition coefficient (Wildman–Crippen LogP) is 1.74. The van der Waals surface area contributed by atoms with E-state index in [1.165, 1.54) is 32.4 Å². The summed E-state index contributed by atoms with van der Waals surface area (Å²) in [6.45, 7) is 0. The second kappa shape index (κ2) is 7.99. The quantitative estimate of drug-likeness (QED) is 0.725. The molecule has 134 valence electrons. The number of carbonyl (C=O) groups excluding carboxylic acids is 1. The summed E-state index contributed by atoms with van der Waals surface area (Å²) in [5, 5.41) is 2.21. The van der Waals surface area contributed by atoms with Gasteiger partial charge in [0.15, 0.2) is 0 Å². The predicted molar refractivity (Wildman–Crippen MR) is 90.5 cm³/mol. The number of rotatable bonds is 6. The van der Waals surface area contributed by atoms with Crippen molar-refractivity contribution in [3.05, 3.63) is 35.9 Å². The van der Waals surface area contributed by atoms with Gasteiger partial charge < -0.3 is 9.47 Å². The summed E-state index contributed by atoms with van der Waals surface area (Å²) in [7, 11) is -1.37. The molecule has 1 aromatic heterocycles. The van der Waals surface area contributed by atoms with Crippen molar-refractivity contribution in [3.8, 4) is 11.8 Å². The number of alkyl halides is 1. The Hall–Kier alpha value is -2.59. The number of carbonyl (C=O) groups is 1. The highest BCUT2D eigenvalue weighted by Gasteiger charge is 2.21. The van der Waals surface area contributed by atoms with Crippen LogP contribution in [0.1, 0.15) is 5.56 Å². The van der Waals surface area contributed by atoms with Crippen LogP contribution in [-0.4, -0.2) is 38.6 Å². The Labute approximate surface area is 149 Å². The first-order chi connectivity index (χ1) is 11.9. The highest BCUT2D eigenvalue weighted by atomic mass is 35.5. The standard InChI is InChI=1S/C14H15ClN4O5S/c1-23-11-7-12(24-2)17-13(16-11)18-14(20)19-25(21,22)10-6-4-3-5-9(10)8-15/h3-7H,8H2,1-2H3,(H2,16,17,18,19,20). The number of hydrogen-bond acceptors (Lipinski definition) is 7. The van der Waals surface area contributed by atoms with Crippen LogP contribution >= 0.6 is 11.6 Å². The van der Waals surface area contributed by atoms with Gasteiger partial charge in [-0.05, 0) is 11.6 Å². The molecule has 0 spiro atoms. The van der Waals surface area contributed by atoms with E-state index in [9.17, 15) is 13.2 Å². The second-order valence-electron chi connectivity index (χ2n) is 4.58. The number of amides is 2. The Bertz CT molecular complexity index is 853. The molecule has 2 aromatic rings. The molecule has 2 rings (SSSR count). The monoisotopic (exact) mass is 386 g/mol. The Balaban J connectivity index is 2.19. The molecule has 0 atom stereocenters. The lowest BCUT2D eigenvalue weighted by atomic mass is 10.2. The van der Waals surface area contributed by atoms with Gasteiger partial charge in [-0.1, -0.05) is 18.2 Å². The Morgan fingerprint density at radius 3 is 2.32 bits per heavy atom. The zero-order valence-corrected chi connectivity index (χ0v) is 14.9. The number of anilines is 1. The number of urea groups is 1. The van der Waals surface area contributed by atoms with Gasteiger partial charge in [0.05, 0.1) is 25.2 Å². The summed E-state index contributed by atoms with van der Waals surface area (Å²) in [5.41, 5.74) is 0.365. The van der Waals surface area contributed by atoms with Crippen molar-refractivity contribution in [1.29, 1.82) is 0 Å². The van der Waals surface area contributed by atoms with E-state index in [1.807, 2.05) is 4.72 Å². The number of hydrogen-bond donors (Lipinski definition) is 2. The average Bonchev–Trinajstić information content (AvgIpc) is 2.60. The second-order valence-corrected chi connectivity index (χ2v) is 6.50. The summed E-state index contributed by atoms with van der Waals surface area (Å²) >= 11 is 5.73. The van der Waals surface area contributed by atoms with Crippen molar-refractivity contribution >= 4 is 33.6 Å². The van der Waals surface area contributed by atoms with E-state index in [-0.39, 0.29) is 28.5 Å². The summed E-state index contributed by atoms with van der Waals surface area (Å²) in [4.78, 5) is 19.7. The molecule has 0 fully saturated rings. The fourth-order valence-corrected chi connectivity index (χ4v) is 3.31. The maximum Gasteiger partial charge on any atom is 0.335 e. The number of aromatic nitrogens is 2. The minimum Gasteiger partial charge on any atom is -0.481 e. The molecule has 25 heavy (non-hydrogen) atoms. The minimum absolute atomic E-state index is 0.0190. The van der Waals surface area contributed by atoms with E-state index in [4.69, 9.17) is 21.1 Å². The minimum atomic E-state index is -4.12. The summed E-state index contributed by atoms with van der Waals surface area (Å²) in [6, 6.07) is 6.43. The summed E-state index contributed by atoms with van der Waals surface area (Å²) < 4.78 is 36.4. The van der Waals surface area contributed by atoms with Crippen LogP contribution in [0, 0.1) is 0 Å². The van der Waals surface area contributed by atoms with Crippen LogP contribution < -0.4 is 19.5 Å². The summed E-state index contributed by atoms with van der Waals surface area (Å²) in [6.07, 6.45) is 0. The highest BCUT2D eigenvalue weighted by Crippen LogP contribution is 2.19. The van der Waals surface area contributed by atoms with E-state index < -0.39 is 16.1 Å². The SMILES string of the molecule is COc1cc(OC)nc(NC(=O)NS(=O)(=O)c2ccccc2CCl)n1. The van der Waals surface area contributed by atoms with Crippen LogP contribution in [0.5, 0.6) is 11.8 Å². The van der Waals surface area contributed by atoms with Crippen LogP contribution in [0.2, 0.25) is 0 Å². The van der Waals surface area contributed by atoms with Gasteiger partial charge in [-0.3, -0.25) is 5.32 Å². The van der Waals surface area contributed by atoms with Gasteiger partial charge in [0.1, 0.15) is 0 Å². The number of benzene rings is 1. The van der Waals surface area contributed by atoms with Crippen molar-refractivity contribution in [2.45, 2.75) is 10.8 Å². The third-order valence-corrected chi connectivity index (χ3v) is 4.68. The lowest BCUT2D eigenvalue weighted by Crippen LogP contribution is -2.35. The smallest absolute Gasteiger partial charge is 0.335 e. The molecular formula is C14H15ClN4O5S. The molecular weight excluding hydrogens is 372 g/mol. The Kier molecular flexibility index (Phi) is 5.99. The van der Waals surface area contributed by atoms with Crippen molar-refractivity contribution in [2.24, 2.45) is 0 Å². The first kappa shape index (κ1) is 18.7. The lowest BCUT2D eigenvalue weighted by molar-refractivity contribution is 0.256. The Morgan fingerprint density at radius 2 is 1.76 bits per heavy atom. The van der Waals surface area contributed by atoms with Crippen LogP contribution in [0.3, 0.4) is 0 Å². The Morgan fingerprint density at radius 1 is 1.16 bits per heavy atom. The molecule has 11 heteroatoms. The molecule has 9 nitrogen and oxygen atoms in total. The topological polar surface area (TPSA) is 120 Å². The number of ether oxygens (including phenoxy) is 2. The van der Waals surface area contributed by atoms with E-state index in [2.05, 4.69) is 15.3 Å². The normalized spacial score (nSPS) is 10.8. The van der Waals surface area contributed by atoms with Crippen LogP contribution in [0.15, 0.2) is 35.2 Å². The molecule has 0 aliphatic heterocycles. The molecule has 0 aliphatic rings. The first-order valence-electron chi connectivity index (χ1n) is 6.84. The maximum absolute atomic E-state index is 12.3. The van der Waals surface area contributed by atoms with Crippen molar-refractivity contribution in [2.75, 3.05) is 19.5 Å². The fraction of sp³-hybridized carbons (Fsp3) is 0.214. The molecule has 0 bridgehead atoms. The van der Waals surface area contributed by atoms with E-state index in [0.717, 1.165) is 0 Å². The van der Waals surface area contributed by atoms with E-state index in [1.54, 1.807) is 12.1 Å².